The molecule has 4 nitrogen and oxygen atoms in total. The molecule has 0 atom stereocenters. The van der Waals surface area contributed by atoms with Crippen molar-refractivity contribution in [1.29, 1.82) is 0 Å². The average molecular weight is 373 g/mol. The summed E-state index contributed by atoms with van der Waals surface area (Å²) in [5.74, 6) is 0.709. The van der Waals surface area contributed by atoms with Crippen LogP contribution in [0.15, 0.2) is 58.3 Å². The number of aryl methyl sites for hydroxylation is 2. The largest absolute Gasteiger partial charge is 0.328 e. The topological polar surface area (TPSA) is 40.6 Å². The number of thioether (sulfide) groups is 2. The molecule has 0 unspecified atom stereocenters. The SMILES string of the molecule is Cc1ccc(SCN2CC(=O)N(CSc3ccc(C)cc3)C2=O)cc1. The molecule has 0 N–H and O–H groups in total. The quantitative estimate of drug-likeness (QED) is 0.558. The Hall–Kier alpha value is -1.92. The maximum absolute atomic E-state index is 12.5. The number of nitrogens with zero attached hydrogens (tertiary/aromatic N) is 2. The molecule has 0 aromatic heterocycles. The van der Waals surface area contributed by atoms with Crippen molar-refractivity contribution in [3.8, 4) is 0 Å². The molecular formula is C19H20N2O2S2. The fourth-order valence-corrected chi connectivity index (χ4v) is 4.08. The van der Waals surface area contributed by atoms with E-state index in [0.29, 0.717) is 11.8 Å². The lowest BCUT2D eigenvalue weighted by Crippen LogP contribution is -2.32. The van der Waals surface area contributed by atoms with Crippen molar-refractivity contribution in [3.05, 3.63) is 59.7 Å². The van der Waals surface area contributed by atoms with Crippen molar-refractivity contribution in [3.63, 3.8) is 0 Å². The number of benzene rings is 2. The van der Waals surface area contributed by atoms with Gasteiger partial charge in [0, 0.05) is 9.79 Å². The van der Waals surface area contributed by atoms with E-state index in [9.17, 15) is 9.59 Å². The minimum absolute atomic E-state index is 0.130. The van der Waals surface area contributed by atoms with Crippen LogP contribution in [-0.4, -0.2) is 40.0 Å². The highest BCUT2D eigenvalue weighted by molar-refractivity contribution is 7.99. The zero-order valence-corrected chi connectivity index (χ0v) is 15.9. The standard InChI is InChI=1S/C19H20N2O2S2/c1-14-3-7-16(8-4-14)24-12-20-11-18(22)21(19(20)23)13-25-17-9-5-15(2)6-10-17/h3-10H,11-13H2,1-2H3. The first kappa shape index (κ1) is 17.9. The van der Waals surface area contributed by atoms with Gasteiger partial charge in [0.15, 0.2) is 0 Å². The third kappa shape index (κ3) is 4.58. The Kier molecular flexibility index (Phi) is 5.71. The van der Waals surface area contributed by atoms with Gasteiger partial charge in [-0.15, -0.1) is 23.5 Å². The summed E-state index contributed by atoms with van der Waals surface area (Å²) in [5, 5.41) is 0. The van der Waals surface area contributed by atoms with Crippen LogP contribution < -0.4 is 0 Å². The van der Waals surface area contributed by atoms with Gasteiger partial charge in [0.05, 0.1) is 11.8 Å². The summed E-state index contributed by atoms with van der Waals surface area (Å²) in [6.07, 6.45) is 0. The van der Waals surface area contributed by atoms with Gasteiger partial charge in [0.1, 0.15) is 6.54 Å². The molecule has 3 amide bonds. The predicted octanol–water partition coefficient (Wildman–Crippen LogP) is 4.37. The Bertz CT molecular complexity index is 760. The lowest BCUT2D eigenvalue weighted by atomic mass is 10.2. The maximum atomic E-state index is 12.5. The van der Waals surface area contributed by atoms with Crippen molar-refractivity contribution in [2.75, 3.05) is 18.3 Å². The first-order valence-electron chi connectivity index (χ1n) is 8.01. The summed E-state index contributed by atoms with van der Waals surface area (Å²) < 4.78 is 0. The van der Waals surface area contributed by atoms with Gasteiger partial charge in [-0.3, -0.25) is 9.69 Å². The van der Waals surface area contributed by atoms with Crippen molar-refractivity contribution < 1.29 is 9.59 Å². The van der Waals surface area contributed by atoms with E-state index >= 15 is 0 Å². The van der Waals surface area contributed by atoms with Crippen LogP contribution in [0.2, 0.25) is 0 Å². The summed E-state index contributed by atoms with van der Waals surface area (Å²) in [4.78, 5) is 29.7. The molecule has 130 valence electrons. The number of imide groups is 1. The molecule has 1 aliphatic heterocycles. The van der Waals surface area contributed by atoms with Crippen LogP contribution in [-0.2, 0) is 4.79 Å². The van der Waals surface area contributed by atoms with E-state index < -0.39 is 0 Å². The van der Waals surface area contributed by atoms with E-state index in [1.54, 1.807) is 16.7 Å². The highest BCUT2D eigenvalue weighted by Gasteiger charge is 2.35. The Morgan fingerprint density at radius 1 is 0.800 bits per heavy atom. The number of carbonyl (C=O) groups excluding carboxylic acids is 2. The Labute approximate surface area is 156 Å². The van der Waals surface area contributed by atoms with E-state index in [0.717, 1.165) is 9.79 Å². The second kappa shape index (κ2) is 7.97. The lowest BCUT2D eigenvalue weighted by Gasteiger charge is -2.16. The summed E-state index contributed by atoms with van der Waals surface area (Å²) in [6, 6.07) is 16.0. The van der Waals surface area contributed by atoms with Gasteiger partial charge in [-0.2, -0.15) is 0 Å². The van der Waals surface area contributed by atoms with E-state index in [1.165, 1.54) is 27.8 Å². The lowest BCUT2D eigenvalue weighted by molar-refractivity contribution is -0.124. The zero-order chi connectivity index (χ0) is 17.8. The van der Waals surface area contributed by atoms with E-state index in [4.69, 9.17) is 0 Å². The number of carbonyl (C=O) groups is 2. The smallest absolute Gasteiger partial charge is 0.305 e. The molecule has 1 heterocycles. The first-order chi connectivity index (χ1) is 12.0. The molecular weight excluding hydrogens is 352 g/mol. The maximum Gasteiger partial charge on any atom is 0.328 e. The molecule has 0 aliphatic carbocycles. The minimum atomic E-state index is -0.204. The Balaban J connectivity index is 1.54. The van der Waals surface area contributed by atoms with E-state index in [-0.39, 0.29) is 18.5 Å². The molecule has 2 aromatic rings. The predicted molar refractivity (Wildman–Crippen MR) is 103 cm³/mol. The molecule has 0 spiro atoms. The fraction of sp³-hybridized carbons (Fsp3) is 0.263. The monoisotopic (exact) mass is 372 g/mol. The Morgan fingerprint density at radius 2 is 1.28 bits per heavy atom. The summed E-state index contributed by atoms with van der Waals surface area (Å²) in [5.41, 5.74) is 2.40. The van der Waals surface area contributed by atoms with Crippen LogP contribution in [0, 0.1) is 13.8 Å². The normalized spacial score (nSPS) is 14.5. The number of hydrogen-bond acceptors (Lipinski definition) is 4. The molecule has 3 rings (SSSR count). The van der Waals surface area contributed by atoms with E-state index in [2.05, 4.69) is 0 Å². The van der Waals surface area contributed by atoms with Gasteiger partial charge in [-0.25, -0.2) is 4.79 Å². The molecule has 1 fully saturated rings. The highest BCUT2D eigenvalue weighted by Crippen LogP contribution is 2.25. The van der Waals surface area contributed by atoms with Gasteiger partial charge >= 0.3 is 6.03 Å². The van der Waals surface area contributed by atoms with Gasteiger partial charge in [0.25, 0.3) is 5.91 Å². The molecule has 0 saturated carbocycles. The van der Waals surface area contributed by atoms with Gasteiger partial charge in [-0.1, -0.05) is 35.4 Å². The highest BCUT2D eigenvalue weighted by atomic mass is 32.2. The van der Waals surface area contributed by atoms with Gasteiger partial charge in [-0.05, 0) is 38.1 Å². The molecule has 1 aliphatic rings. The minimum Gasteiger partial charge on any atom is -0.305 e. The average Bonchev–Trinajstić information content (AvgIpc) is 2.88. The van der Waals surface area contributed by atoms with Crippen LogP contribution in [0.1, 0.15) is 11.1 Å². The van der Waals surface area contributed by atoms with Crippen molar-refractivity contribution >= 4 is 35.5 Å². The number of rotatable bonds is 6. The van der Waals surface area contributed by atoms with E-state index in [1.807, 2.05) is 62.4 Å². The van der Waals surface area contributed by atoms with Crippen LogP contribution >= 0.6 is 23.5 Å². The van der Waals surface area contributed by atoms with Crippen LogP contribution in [0.5, 0.6) is 0 Å². The zero-order valence-electron chi connectivity index (χ0n) is 14.3. The summed E-state index contributed by atoms with van der Waals surface area (Å²) in [6.45, 7) is 4.23. The molecule has 1 saturated heterocycles. The number of urea groups is 1. The van der Waals surface area contributed by atoms with Gasteiger partial charge in [0.2, 0.25) is 0 Å². The summed E-state index contributed by atoms with van der Waals surface area (Å²) in [7, 11) is 0. The van der Waals surface area contributed by atoms with Crippen molar-refractivity contribution in [1.82, 2.24) is 9.80 Å². The first-order valence-corrected chi connectivity index (χ1v) is 9.98. The van der Waals surface area contributed by atoms with Crippen molar-refractivity contribution in [2.45, 2.75) is 23.6 Å². The molecule has 25 heavy (non-hydrogen) atoms. The Morgan fingerprint density at radius 3 is 1.80 bits per heavy atom. The number of amides is 3. The van der Waals surface area contributed by atoms with Crippen LogP contribution in [0.4, 0.5) is 4.79 Å². The summed E-state index contributed by atoms with van der Waals surface area (Å²) >= 11 is 3.07. The molecule has 0 radical (unpaired) electrons. The second-order valence-corrected chi connectivity index (χ2v) is 8.01. The molecule has 2 aromatic carbocycles. The third-order valence-corrected chi connectivity index (χ3v) is 5.96. The number of hydrogen-bond donors (Lipinski definition) is 0. The third-order valence-electron chi connectivity index (χ3n) is 3.92. The molecule has 6 heteroatoms. The van der Waals surface area contributed by atoms with Gasteiger partial charge < -0.3 is 4.90 Å². The second-order valence-electron chi connectivity index (χ2n) is 5.98. The molecule has 0 bridgehead atoms. The van der Waals surface area contributed by atoms with Crippen LogP contribution in [0.25, 0.3) is 0 Å². The van der Waals surface area contributed by atoms with Crippen molar-refractivity contribution in [2.24, 2.45) is 0 Å². The van der Waals surface area contributed by atoms with Crippen LogP contribution in [0.3, 0.4) is 0 Å². The fourth-order valence-electron chi connectivity index (χ4n) is 2.38.